The normalized spacial score (nSPS) is 14.2. The molecule has 0 atom stereocenters. The summed E-state index contributed by atoms with van der Waals surface area (Å²) >= 11 is 0. The number of benzene rings is 3. The minimum absolute atomic E-state index is 0.184. The van der Waals surface area contributed by atoms with Crippen molar-refractivity contribution < 1.29 is 19.3 Å². The Balaban J connectivity index is 1.51. The van der Waals surface area contributed by atoms with Gasteiger partial charge in [0.05, 0.1) is 7.11 Å². The van der Waals surface area contributed by atoms with Crippen LogP contribution in [0.15, 0.2) is 66.7 Å². The number of likely N-dealkylation sites (tertiary alicyclic amines) is 1. The van der Waals surface area contributed by atoms with Crippen LogP contribution in [0.2, 0.25) is 0 Å². The van der Waals surface area contributed by atoms with Crippen LogP contribution in [0.1, 0.15) is 19.3 Å². The highest BCUT2D eigenvalue weighted by molar-refractivity contribution is 5.73. The zero-order chi connectivity index (χ0) is 21.5. The molecule has 1 aliphatic heterocycles. The third-order valence-corrected chi connectivity index (χ3v) is 5.55. The number of nitrogens with zero attached hydrogens (tertiary/aromatic N) is 1. The lowest BCUT2D eigenvalue weighted by molar-refractivity contribution is 0.181. The minimum atomic E-state index is 0.184. The number of phenolic OH excluding ortho intramolecular Hbond substituents is 1. The zero-order valence-corrected chi connectivity index (χ0v) is 17.9. The molecule has 1 heterocycles. The van der Waals surface area contributed by atoms with Crippen molar-refractivity contribution in [2.45, 2.75) is 19.3 Å². The van der Waals surface area contributed by atoms with E-state index in [1.165, 1.54) is 19.3 Å². The lowest BCUT2D eigenvalue weighted by atomic mass is 10.0. The van der Waals surface area contributed by atoms with Gasteiger partial charge in [-0.25, -0.2) is 0 Å². The summed E-state index contributed by atoms with van der Waals surface area (Å²) in [6.45, 7) is 3.85. The molecule has 4 rings (SSSR count). The molecule has 0 saturated carbocycles. The Kier molecular flexibility index (Phi) is 6.95. The molecule has 0 unspecified atom stereocenters. The van der Waals surface area contributed by atoms with E-state index in [9.17, 15) is 5.11 Å². The van der Waals surface area contributed by atoms with Gasteiger partial charge in [0, 0.05) is 12.1 Å². The Morgan fingerprint density at radius 2 is 1.58 bits per heavy atom. The van der Waals surface area contributed by atoms with E-state index in [0.717, 1.165) is 36.5 Å². The molecule has 1 fully saturated rings. The highest BCUT2D eigenvalue weighted by Crippen LogP contribution is 2.39. The van der Waals surface area contributed by atoms with Crippen molar-refractivity contribution in [3.05, 3.63) is 66.7 Å². The van der Waals surface area contributed by atoms with Gasteiger partial charge in [-0.05, 0) is 74.0 Å². The standard InChI is InChI=1S/C26H29NO4/c1-29-22-12-9-20(10-13-22)23-19-21(28)11-14-24(23)31-26-8-4-3-7-25(26)30-18-17-27-15-5-2-6-16-27/h3-4,7-14,19,28H,2,5-6,15-18H2,1H3. The summed E-state index contributed by atoms with van der Waals surface area (Å²) in [4.78, 5) is 2.45. The summed E-state index contributed by atoms with van der Waals surface area (Å²) in [7, 11) is 1.64. The van der Waals surface area contributed by atoms with Gasteiger partial charge in [0.1, 0.15) is 23.9 Å². The number of rotatable bonds is 8. The molecular weight excluding hydrogens is 390 g/mol. The van der Waals surface area contributed by atoms with Crippen LogP contribution < -0.4 is 14.2 Å². The smallest absolute Gasteiger partial charge is 0.169 e. The van der Waals surface area contributed by atoms with Crippen LogP contribution in [0.25, 0.3) is 11.1 Å². The Morgan fingerprint density at radius 1 is 0.839 bits per heavy atom. The van der Waals surface area contributed by atoms with Crippen LogP contribution in [0.5, 0.6) is 28.7 Å². The number of hydrogen-bond acceptors (Lipinski definition) is 5. The Labute approximate surface area is 183 Å². The van der Waals surface area contributed by atoms with Crippen molar-refractivity contribution >= 4 is 0 Å². The number of piperidine rings is 1. The first-order valence-electron chi connectivity index (χ1n) is 10.8. The average molecular weight is 420 g/mol. The van der Waals surface area contributed by atoms with Crippen LogP contribution in [0.4, 0.5) is 0 Å². The largest absolute Gasteiger partial charge is 0.508 e. The zero-order valence-electron chi connectivity index (χ0n) is 17.9. The number of methoxy groups -OCH3 is 1. The molecule has 5 heteroatoms. The van der Waals surface area contributed by atoms with Crippen LogP contribution in [0, 0.1) is 0 Å². The molecule has 0 spiro atoms. The number of ether oxygens (including phenoxy) is 3. The number of hydrogen-bond donors (Lipinski definition) is 1. The summed E-state index contributed by atoms with van der Waals surface area (Å²) in [5.74, 6) is 2.98. The van der Waals surface area contributed by atoms with E-state index in [-0.39, 0.29) is 5.75 Å². The van der Waals surface area contributed by atoms with Crippen LogP contribution in [0.3, 0.4) is 0 Å². The summed E-state index contributed by atoms with van der Waals surface area (Å²) in [5, 5.41) is 10.1. The van der Waals surface area contributed by atoms with E-state index in [1.807, 2.05) is 48.5 Å². The van der Waals surface area contributed by atoms with Gasteiger partial charge in [-0.2, -0.15) is 0 Å². The molecule has 1 aliphatic rings. The number of para-hydroxylation sites is 2. The van der Waals surface area contributed by atoms with Crippen molar-refractivity contribution in [1.29, 1.82) is 0 Å². The van der Waals surface area contributed by atoms with Crippen LogP contribution >= 0.6 is 0 Å². The highest BCUT2D eigenvalue weighted by Gasteiger charge is 2.14. The molecular formula is C26H29NO4. The molecule has 0 bridgehead atoms. The molecule has 0 radical (unpaired) electrons. The second-order valence-electron chi connectivity index (χ2n) is 7.71. The van der Waals surface area contributed by atoms with E-state index in [1.54, 1.807) is 25.3 Å². The van der Waals surface area contributed by atoms with E-state index in [2.05, 4.69) is 4.90 Å². The molecule has 0 aliphatic carbocycles. The minimum Gasteiger partial charge on any atom is -0.508 e. The molecule has 5 nitrogen and oxygen atoms in total. The second-order valence-corrected chi connectivity index (χ2v) is 7.71. The molecule has 0 amide bonds. The predicted molar refractivity (Wildman–Crippen MR) is 122 cm³/mol. The molecule has 1 N–H and O–H groups in total. The third kappa shape index (κ3) is 5.50. The van der Waals surface area contributed by atoms with E-state index in [0.29, 0.717) is 23.9 Å². The Hall–Kier alpha value is -3.18. The second kappa shape index (κ2) is 10.2. The Morgan fingerprint density at radius 3 is 2.32 bits per heavy atom. The van der Waals surface area contributed by atoms with Crippen molar-refractivity contribution in [3.8, 4) is 39.9 Å². The van der Waals surface area contributed by atoms with Gasteiger partial charge in [-0.3, -0.25) is 4.90 Å². The molecule has 162 valence electrons. The monoisotopic (exact) mass is 419 g/mol. The van der Waals surface area contributed by atoms with Gasteiger partial charge in [0.15, 0.2) is 11.5 Å². The lowest BCUT2D eigenvalue weighted by Gasteiger charge is -2.26. The third-order valence-electron chi connectivity index (χ3n) is 5.55. The first kappa shape index (κ1) is 21.1. The fraction of sp³-hybridized carbons (Fsp3) is 0.308. The topological polar surface area (TPSA) is 51.2 Å². The molecule has 3 aromatic carbocycles. The molecule has 1 saturated heterocycles. The van der Waals surface area contributed by atoms with E-state index in [4.69, 9.17) is 14.2 Å². The van der Waals surface area contributed by atoms with Crippen molar-refractivity contribution in [2.75, 3.05) is 33.4 Å². The summed E-state index contributed by atoms with van der Waals surface area (Å²) in [6.07, 6.45) is 3.88. The van der Waals surface area contributed by atoms with Gasteiger partial charge in [-0.1, -0.05) is 30.7 Å². The van der Waals surface area contributed by atoms with Gasteiger partial charge in [0.25, 0.3) is 0 Å². The van der Waals surface area contributed by atoms with Crippen LogP contribution in [-0.4, -0.2) is 43.4 Å². The molecule has 3 aromatic rings. The Bertz CT molecular complexity index is 981. The van der Waals surface area contributed by atoms with Crippen LogP contribution in [-0.2, 0) is 0 Å². The average Bonchev–Trinajstić information content (AvgIpc) is 2.82. The summed E-state index contributed by atoms with van der Waals surface area (Å²) in [5.41, 5.74) is 1.72. The SMILES string of the molecule is COc1ccc(-c2cc(O)ccc2Oc2ccccc2OCCN2CCCCC2)cc1. The quantitative estimate of drug-likeness (QED) is 0.506. The first-order valence-corrected chi connectivity index (χ1v) is 10.8. The predicted octanol–water partition coefficient (Wildman–Crippen LogP) is 5.72. The highest BCUT2D eigenvalue weighted by atomic mass is 16.5. The van der Waals surface area contributed by atoms with E-state index >= 15 is 0 Å². The van der Waals surface area contributed by atoms with Gasteiger partial charge < -0.3 is 19.3 Å². The van der Waals surface area contributed by atoms with Gasteiger partial charge in [0.2, 0.25) is 0 Å². The van der Waals surface area contributed by atoms with Gasteiger partial charge >= 0.3 is 0 Å². The van der Waals surface area contributed by atoms with E-state index < -0.39 is 0 Å². The fourth-order valence-electron chi connectivity index (χ4n) is 3.84. The molecule has 0 aromatic heterocycles. The summed E-state index contributed by atoms with van der Waals surface area (Å²) in [6, 6.07) is 20.5. The summed E-state index contributed by atoms with van der Waals surface area (Å²) < 4.78 is 17.6. The first-order chi connectivity index (χ1) is 15.2. The van der Waals surface area contributed by atoms with Gasteiger partial charge in [-0.15, -0.1) is 0 Å². The molecule has 31 heavy (non-hydrogen) atoms. The maximum Gasteiger partial charge on any atom is 0.169 e. The van der Waals surface area contributed by atoms with Crippen molar-refractivity contribution in [1.82, 2.24) is 4.90 Å². The maximum atomic E-state index is 10.1. The lowest BCUT2D eigenvalue weighted by Crippen LogP contribution is -2.33. The fourth-order valence-corrected chi connectivity index (χ4v) is 3.84. The number of phenols is 1. The van der Waals surface area contributed by atoms with Crippen molar-refractivity contribution in [2.24, 2.45) is 0 Å². The van der Waals surface area contributed by atoms with Crippen molar-refractivity contribution in [3.63, 3.8) is 0 Å². The maximum absolute atomic E-state index is 10.1. The number of aromatic hydroxyl groups is 1.